The molecule has 0 spiro atoms. The molecule has 0 aliphatic carbocycles. The van der Waals surface area contributed by atoms with Gasteiger partial charge in [0.25, 0.3) is 0 Å². The number of nitrogens with one attached hydrogen (secondary N) is 1. The molecule has 3 aromatic carbocycles. The molecule has 0 unspecified atom stereocenters. The molecule has 0 amide bonds. The maximum absolute atomic E-state index is 12.9. The van der Waals surface area contributed by atoms with E-state index < -0.39 is 10.0 Å². The minimum absolute atomic E-state index is 0.0654. The van der Waals surface area contributed by atoms with Gasteiger partial charge in [-0.25, -0.2) is 13.1 Å². The molecule has 1 aliphatic rings. The molecule has 0 bridgehead atoms. The average molecular weight is 436 g/mol. The van der Waals surface area contributed by atoms with Gasteiger partial charge >= 0.3 is 0 Å². The topological polar surface area (TPSA) is 75.4 Å². The van der Waals surface area contributed by atoms with Crippen LogP contribution in [0.2, 0.25) is 0 Å². The van der Waals surface area contributed by atoms with E-state index in [0.717, 1.165) is 66.3 Å². The SMILES string of the molecule is O=S(=O)(N[C@@H]1CCN(CCCc2noc3ccccc23)C1)c1ccc2ccccc2c1. The normalized spacial score (nSPS) is 17.6. The van der Waals surface area contributed by atoms with E-state index >= 15 is 0 Å². The van der Waals surface area contributed by atoms with E-state index in [1.54, 1.807) is 12.1 Å². The second kappa shape index (κ2) is 8.42. The standard InChI is InChI=1S/C24H25N3O3S/c28-31(29,21-12-11-18-6-1-2-7-19(18)16-21)26-20-13-15-27(17-20)14-5-9-23-22-8-3-4-10-24(22)30-25-23/h1-4,6-8,10-12,16,20,26H,5,9,13-15,17H2/t20-/m1/s1. The molecular weight excluding hydrogens is 410 g/mol. The van der Waals surface area contributed by atoms with E-state index in [9.17, 15) is 8.42 Å². The molecule has 5 rings (SSSR count). The van der Waals surface area contributed by atoms with E-state index in [2.05, 4.69) is 14.8 Å². The molecule has 1 aliphatic heterocycles. The zero-order valence-corrected chi connectivity index (χ0v) is 18.0. The predicted molar refractivity (Wildman–Crippen MR) is 121 cm³/mol. The second-order valence-electron chi connectivity index (χ2n) is 8.15. The third kappa shape index (κ3) is 4.35. The average Bonchev–Trinajstić information content (AvgIpc) is 3.40. The Morgan fingerprint density at radius 1 is 1.03 bits per heavy atom. The molecule has 6 nitrogen and oxygen atoms in total. The summed E-state index contributed by atoms with van der Waals surface area (Å²) in [5.41, 5.74) is 1.81. The van der Waals surface area contributed by atoms with Crippen LogP contribution in [0.5, 0.6) is 0 Å². The van der Waals surface area contributed by atoms with Crippen LogP contribution in [-0.2, 0) is 16.4 Å². The fourth-order valence-electron chi connectivity index (χ4n) is 4.34. The Labute approximate surface area is 181 Å². The minimum atomic E-state index is -3.54. The number of hydrogen-bond donors (Lipinski definition) is 1. The van der Waals surface area contributed by atoms with Crippen molar-refractivity contribution in [1.29, 1.82) is 0 Å². The summed E-state index contributed by atoms with van der Waals surface area (Å²) in [6.45, 7) is 2.53. The van der Waals surface area contributed by atoms with Crippen molar-refractivity contribution in [2.24, 2.45) is 0 Å². The van der Waals surface area contributed by atoms with Crippen LogP contribution in [0.4, 0.5) is 0 Å². The zero-order valence-electron chi connectivity index (χ0n) is 17.2. The van der Waals surface area contributed by atoms with Gasteiger partial charge in [-0.2, -0.15) is 0 Å². The van der Waals surface area contributed by atoms with Gasteiger partial charge in [-0.1, -0.05) is 47.6 Å². The molecular formula is C24H25N3O3S. The predicted octanol–water partition coefficient (Wildman–Crippen LogP) is 3.97. The molecule has 1 atom stereocenters. The monoisotopic (exact) mass is 435 g/mol. The lowest BCUT2D eigenvalue weighted by atomic mass is 10.1. The van der Waals surface area contributed by atoms with Crippen LogP contribution in [0.25, 0.3) is 21.7 Å². The van der Waals surface area contributed by atoms with Crippen molar-refractivity contribution in [2.45, 2.75) is 30.2 Å². The lowest BCUT2D eigenvalue weighted by Gasteiger charge is -2.16. The Bertz CT molecular complexity index is 1320. The van der Waals surface area contributed by atoms with E-state index in [1.165, 1.54) is 0 Å². The van der Waals surface area contributed by atoms with Gasteiger partial charge in [-0.15, -0.1) is 0 Å². The maximum atomic E-state index is 12.9. The molecule has 2 heterocycles. The van der Waals surface area contributed by atoms with Crippen molar-refractivity contribution in [2.75, 3.05) is 19.6 Å². The Kier molecular flexibility index (Phi) is 5.48. The number of benzene rings is 3. The fraction of sp³-hybridized carbons (Fsp3) is 0.292. The molecule has 0 radical (unpaired) electrons. The highest BCUT2D eigenvalue weighted by Crippen LogP contribution is 2.21. The lowest BCUT2D eigenvalue weighted by Crippen LogP contribution is -2.37. The van der Waals surface area contributed by atoms with Crippen LogP contribution >= 0.6 is 0 Å². The first-order chi connectivity index (χ1) is 15.1. The third-order valence-electron chi connectivity index (χ3n) is 5.97. The third-order valence-corrected chi connectivity index (χ3v) is 7.48. The summed E-state index contributed by atoms with van der Waals surface area (Å²) in [4.78, 5) is 2.64. The Morgan fingerprint density at radius 2 is 1.84 bits per heavy atom. The van der Waals surface area contributed by atoms with E-state index in [1.807, 2.05) is 54.6 Å². The first-order valence-corrected chi connectivity index (χ1v) is 12.1. The quantitative estimate of drug-likeness (QED) is 0.475. The molecule has 1 aromatic heterocycles. The van der Waals surface area contributed by atoms with Gasteiger partial charge in [-0.3, -0.25) is 0 Å². The number of aryl methyl sites for hydroxylation is 1. The van der Waals surface area contributed by atoms with Gasteiger partial charge < -0.3 is 9.42 Å². The van der Waals surface area contributed by atoms with Gasteiger partial charge in [0.15, 0.2) is 5.58 Å². The van der Waals surface area contributed by atoms with Crippen molar-refractivity contribution >= 4 is 31.8 Å². The Balaban J connectivity index is 1.16. The fourth-order valence-corrected chi connectivity index (χ4v) is 5.64. The van der Waals surface area contributed by atoms with Crippen molar-refractivity contribution in [1.82, 2.24) is 14.8 Å². The highest BCUT2D eigenvalue weighted by molar-refractivity contribution is 7.89. The van der Waals surface area contributed by atoms with Crippen LogP contribution in [0, 0.1) is 0 Å². The second-order valence-corrected chi connectivity index (χ2v) is 9.86. The van der Waals surface area contributed by atoms with Crippen LogP contribution in [0.1, 0.15) is 18.5 Å². The maximum Gasteiger partial charge on any atom is 0.240 e. The van der Waals surface area contributed by atoms with Crippen molar-refractivity contribution < 1.29 is 12.9 Å². The van der Waals surface area contributed by atoms with Crippen LogP contribution in [0.15, 0.2) is 76.1 Å². The van der Waals surface area contributed by atoms with Gasteiger partial charge in [-0.05, 0) is 67.4 Å². The molecule has 1 fully saturated rings. The molecule has 31 heavy (non-hydrogen) atoms. The number of nitrogens with zero attached hydrogens (tertiary/aromatic N) is 2. The zero-order chi connectivity index (χ0) is 21.3. The van der Waals surface area contributed by atoms with E-state index in [4.69, 9.17) is 4.52 Å². The number of fused-ring (bicyclic) bond motifs is 2. The van der Waals surface area contributed by atoms with E-state index in [-0.39, 0.29) is 6.04 Å². The van der Waals surface area contributed by atoms with Gasteiger partial charge in [0.2, 0.25) is 10.0 Å². The van der Waals surface area contributed by atoms with E-state index in [0.29, 0.717) is 4.90 Å². The summed E-state index contributed by atoms with van der Waals surface area (Å²) in [5, 5.41) is 7.23. The molecule has 1 N–H and O–H groups in total. The van der Waals surface area contributed by atoms with Crippen molar-refractivity contribution in [3.05, 3.63) is 72.4 Å². The van der Waals surface area contributed by atoms with Gasteiger partial charge in [0.1, 0.15) is 0 Å². The summed E-state index contributed by atoms with van der Waals surface area (Å²) < 4.78 is 34.0. The number of sulfonamides is 1. The highest BCUT2D eigenvalue weighted by atomic mass is 32.2. The molecule has 7 heteroatoms. The summed E-state index contributed by atoms with van der Waals surface area (Å²) in [6.07, 6.45) is 2.63. The summed E-state index contributed by atoms with van der Waals surface area (Å²) in [7, 11) is -3.54. The van der Waals surface area contributed by atoms with Crippen molar-refractivity contribution in [3.8, 4) is 0 Å². The first-order valence-electron chi connectivity index (χ1n) is 10.7. The highest BCUT2D eigenvalue weighted by Gasteiger charge is 2.27. The largest absolute Gasteiger partial charge is 0.356 e. The number of likely N-dealkylation sites (tertiary alicyclic amines) is 1. The van der Waals surface area contributed by atoms with Crippen LogP contribution < -0.4 is 4.72 Å². The molecule has 1 saturated heterocycles. The summed E-state index contributed by atoms with van der Waals surface area (Å²) in [5.74, 6) is 0. The molecule has 160 valence electrons. The number of hydrogen-bond acceptors (Lipinski definition) is 5. The molecule has 0 saturated carbocycles. The molecule has 4 aromatic rings. The van der Waals surface area contributed by atoms with Crippen molar-refractivity contribution in [3.63, 3.8) is 0 Å². The number of para-hydroxylation sites is 1. The Hall–Kier alpha value is -2.74. The lowest BCUT2D eigenvalue weighted by molar-refractivity contribution is 0.326. The summed E-state index contributed by atoms with van der Waals surface area (Å²) >= 11 is 0. The smallest absolute Gasteiger partial charge is 0.240 e. The van der Waals surface area contributed by atoms with Gasteiger partial charge in [0, 0.05) is 18.0 Å². The number of aromatic nitrogens is 1. The van der Waals surface area contributed by atoms with Gasteiger partial charge in [0.05, 0.1) is 10.6 Å². The number of rotatable bonds is 7. The van der Waals surface area contributed by atoms with Crippen LogP contribution in [0.3, 0.4) is 0 Å². The minimum Gasteiger partial charge on any atom is -0.356 e. The Morgan fingerprint density at radius 3 is 2.74 bits per heavy atom. The summed E-state index contributed by atoms with van der Waals surface area (Å²) in [6, 6.07) is 20.9. The van der Waals surface area contributed by atoms with Crippen LogP contribution in [-0.4, -0.2) is 44.2 Å². The first kappa shape index (κ1) is 20.2.